The summed E-state index contributed by atoms with van der Waals surface area (Å²) in [4.78, 5) is 0. The normalized spacial score (nSPS) is 8.25. The molecule has 12 heavy (non-hydrogen) atoms. The van der Waals surface area contributed by atoms with Gasteiger partial charge in [-0.05, 0) is 6.92 Å². The highest BCUT2D eigenvalue weighted by Crippen LogP contribution is 1.92. The molecule has 0 atom stereocenters. The zero-order valence-corrected chi connectivity index (χ0v) is 9.92. The van der Waals surface area contributed by atoms with Gasteiger partial charge in [0.25, 0.3) is 0 Å². The molecule has 0 amide bonds. The molecule has 0 aliphatic heterocycles. The lowest BCUT2D eigenvalue weighted by Crippen LogP contribution is -1.76. The van der Waals surface area contributed by atoms with Crippen LogP contribution in [0.3, 0.4) is 0 Å². The van der Waals surface area contributed by atoms with Crippen molar-refractivity contribution in [3.63, 3.8) is 0 Å². The van der Waals surface area contributed by atoms with Crippen LogP contribution in [0.5, 0.6) is 0 Å². The van der Waals surface area contributed by atoms with Gasteiger partial charge in [0.2, 0.25) is 15.2 Å². The molecule has 0 bridgehead atoms. The summed E-state index contributed by atoms with van der Waals surface area (Å²) in [5.41, 5.74) is 1.32. The smallest absolute Gasteiger partial charge is 0.100 e. The summed E-state index contributed by atoms with van der Waals surface area (Å²) in [5, 5.41) is 2.97. The average molecular weight is 178 g/mol. The molecule has 0 saturated heterocycles. The van der Waals surface area contributed by atoms with Crippen LogP contribution in [0, 0.1) is 6.92 Å². The molecule has 0 fully saturated rings. The van der Waals surface area contributed by atoms with Crippen molar-refractivity contribution in [2.45, 2.75) is 31.3 Å². The van der Waals surface area contributed by atoms with E-state index in [2.05, 4.69) is 32.9 Å². The van der Waals surface area contributed by atoms with Crippen molar-refractivity contribution >= 4 is 15.2 Å². The highest BCUT2D eigenvalue weighted by atomic mass is 27.1. The molecule has 0 aliphatic rings. The molecular formula is C11H19Al. The molecule has 0 spiro atoms. The van der Waals surface area contributed by atoms with E-state index in [1.807, 2.05) is 18.2 Å². The Morgan fingerprint density at radius 1 is 1.00 bits per heavy atom. The molecular weight excluding hydrogens is 159 g/mol. The molecule has 1 aromatic carbocycles. The van der Waals surface area contributed by atoms with Crippen molar-refractivity contribution in [2.24, 2.45) is 0 Å². The van der Waals surface area contributed by atoms with Crippen LogP contribution in [0.15, 0.2) is 30.3 Å². The van der Waals surface area contributed by atoms with Gasteiger partial charge in [-0.1, -0.05) is 49.7 Å². The van der Waals surface area contributed by atoms with Crippen molar-refractivity contribution in [3.8, 4) is 0 Å². The molecule has 0 saturated carbocycles. The molecule has 1 heteroatoms. The summed E-state index contributed by atoms with van der Waals surface area (Å²) in [5.74, 6) is 0. The van der Waals surface area contributed by atoms with Crippen LogP contribution >= 0.6 is 0 Å². The zero-order chi connectivity index (χ0) is 9.23. The van der Waals surface area contributed by atoms with E-state index in [1.165, 1.54) is 16.1 Å². The lowest BCUT2D eigenvalue weighted by atomic mass is 10.2. The fourth-order valence-corrected chi connectivity index (χ4v) is 1.60. The molecule has 66 valence electrons. The SMILES string of the molecule is C[CH2][AlH][CH2]C.Cc1ccccc1. The van der Waals surface area contributed by atoms with E-state index in [-0.39, 0.29) is 0 Å². The van der Waals surface area contributed by atoms with E-state index >= 15 is 0 Å². The quantitative estimate of drug-likeness (QED) is 0.609. The van der Waals surface area contributed by atoms with Gasteiger partial charge in [0, 0.05) is 0 Å². The first kappa shape index (κ1) is 11.8. The Morgan fingerprint density at radius 2 is 1.50 bits per heavy atom. The van der Waals surface area contributed by atoms with E-state index in [9.17, 15) is 0 Å². The number of rotatable bonds is 2. The van der Waals surface area contributed by atoms with Crippen LogP contribution < -0.4 is 0 Å². The monoisotopic (exact) mass is 178 g/mol. The van der Waals surface area contributed by atoms with Gasteiger partial charge in [-0.15, -0.1) is 10.6 Å². The van der Waals surface area contributed by atoms with E-state index in [1.54, 1.807) is 0 Å². The van der Waals surface area contributed by atoms with Crippen molar-refractivity contribution in [1.29, 1.82) is 0 Å². The van der Waals surface area contributed by atoms with Crippen LogP contribution in [0.4, 0.5) is 0 Å². The molecule has 0 radical (unpaired) electrons. The van der Waals surface area contributed by atoms with E-state index in [0.717, 1.165) is 0 Å². The van der Waals surface area contributed by atoms with Gasteiger partial charge in [-0.3, -0.25) is 0 Å². The standard InChI is InChI=1S/C7H8.2C2H5.Al.H/c1-7-5-3-2-4-6-7;2*1-2;;/h2-6H,1H3;2*1H2,2H3;;. The summed E-state index contributed by atoms with van der Waals surface area (Å²) in [6, 6.07) is 10.3. The first-order valence-corrected chi connectivity index (χ1v) is 6.82. The van der Waals surface area contributed by atoms with Gasteiger partial charge in [-0.25, -0.2) is 0 Å². The largest absolute Gasteiger partial charge is 0.236 e. The van der Waals surface area contributed by atoms with Crippen LogP contribution in [0.1, 0.15) is 19.4 Å². The van der Waals surface area contributed by atoms with Crippen LogP contribution in [-0.2, 0) is 0 Å². The van der Waals surface area contributed by atoms with Crippen LogP contribution in [-0.4, -0.2) is 15.2 Å². The summed E-state index contributed by atoms with van der Waals surface area (Å²) in [7, 11) is 0. The maximum Gasteiger partial charge on any atom is 0.236 e. The second-order valence-electron chi connectivity index (χ2n) is 3.01. The Bertz CT molecular complexity index is 168. The Hall–Kier alpha value is -0.248. The van der Waals surface area contributed by atoms with Gasteiger partial charge in [0.05, 0.1) is 0 Å². The molecule has 1 rings (SSSR count). The topological polar surface area (TPSA) is 0 Å². The second kappa shape index (κ2) is 8.85. The summed E-state index contributed by atoms with van der Waals surface area (Å²) >= 11 is 0.432. The Balaban J connectivity index is 0.000000217. The Morgan fingerprint density at radius 3 is 1.67 bits per heavy atom. The fraction of sp³-hybridized carbons (Fsp3) is 0.455. The first-order valence-electron chi connectivity index (χ1n) is 4.82. The Kier molecular flexibility index (Phi) is 8.66. The average Bonchev–Trinajstić information content (AvgIpc) is 2.08. The lowest BCUT2D eigenvalue weighted by Gasteiger charge is -1.82. The number of hydrogen-bond acceptors (Lipinski definition) is 0. The molecule has 0 N–H and O–H groups in total. The maximum atomic E-state index is 2.27. The minimum Gasteiger partial charge on any atom is -0.100 e. The van der Waals surface area contributed by atoms with E-state index < -0.39 is 0 Å². The highest BCUT2D eigenvalue weighted by molar-refractivity contribution is 6.34. The summed E-state index contributed by atoms with van der Waals surface area (Å²) in [6.07, 6.45) is 0. The highest BCUT2D eigenvalue weighted by Gasteiger charge is 1.76. The molecule has 1 aromatic rings. The van der Waals surface area contributed by atoms with Crippen molar-refractivity contribution in [2.75, 3.05) is 0 Å². The lowest BCUT2D eigenvalue weighted by molar-refractivity contribution is 1.36. The maximum absolute atomic E-state index is 2.27. The third-order valence-electron chi connectivity index (χ3n) is 1.65. The Labute approximate surface area is 82.7 Å². The van der Waals surface area contributed by atoms with Crippen LogP contribution in [0.2, 0.25) is 10.6 Å². The number of benzene rings is 1. The predicted octanol–water partition coefficient (Wildman–Crippen LogP) is 3.29. The van der Waals surface area contributed by atoms with Crippen molar-refractivity contribution in [1.82, 2.24) is 0 Å². The van der Waals surface area contributed by atoms with Gasteiger partial charge >= 0.3 is 0 Å². The van der Waals surface area contributed by atoms with Gasteiger partial charge in [0.1, 0.15) is 0 Å². The van der Waals surface area contributed by atoms with Gasteiger partial charge in [0.15, 0.2) is 0 Å². The molecule has 0 heterocycles. The molecule has 0 aromatic heterocycles. The minimum absolute atomic E-state index is 0.432. The summed E-state index contributed by atoms with van der Waals surface area (Å²) in [6.45, 7) is 6.63. The fourth-order valence-electron chi connectivity index (χ4n) is 0.888. The van der Waals surface area contributed by atoms with Crippen molar-refractivity contribution in [3.05, 3.63) is 35.9 Å². The third kappa shape index (κ3) is 7.86. The van der Waals surface area contributed by atoms with Crippen molar-refractivity contribution < 1.29 is 0 Å². The summed E-state index contributed by atoms with van der Waals surface area (Å²) < 4.78 is 0. The van der Waals surface area contributed by atoms with E-state index in [0.29, 0.717) is 15.2 Å². The molecule has 0 aliphatic carbocycles. The molecule has 0 unspecified atom stereocenters. The molecule has 0 nitrogen and oxygen atoms in total. The van der Waals surface area contributed by atoms with Gasteiger partial charge < -0.3 is 0 Å². The second-order valence-corrected chi connectivity index (χ2v) is 5.72. The van der Waals surface area contributed by atoms with E-state index in [4.69, 9.17) is 0 Å². The first-order chi connectivity index (χ1) is 5.81. The number of hydrogen-bond donors (Lipinski definition) is 0. The number of aryl methyl sites for hydroxylation is 1. The zero-order valence-electron chi connectivity index (χ0n) is 8.51. The predicted molar refractivity (Wildman–Crippen MR) is 59.3 cm³/mol. The minimum atomic E-state index is 0.432. The van der Waals surface area contributed by atoms with Gasteiger partial charge in [-0.2, -0.15) is 0 Å². The van der Waals surface area contributed by atoms with Crippen LogP contribution in [0.25, 0.3) is 0 Å². The third-order valence-corrected chi connectivity index (χ3v) is 3.06.